The zero-order valence-electron chi connectivity index (χ0n) is 12.4. The van der Waals surface area contributed by atoms with Crippen molar-refractivity contribution < 1.29 is 4.74 Å². The minimum absolute atomic E-state index is 0.131. The molecule has 0 spiro atoms. The largest absolute Gasteiger partial charge is 0.493 e. The van der Waals surface area contributed by atoms with Crippen molar-refractivity contribution >= 4 is 31.9 Å². The molecular weight excluding hydrogens is 394 g/mol. The van der Waals surface area contributed by atoms with E-state index in [9.17, 15) is 0 Å². The van der Waals surface area contributed by atoms with E-state index in [1.54, 1.807) is 0 Å². The minimum Gasteiger partial charge on any atom is -0.493 e. The van der Waals surface area contributed by atoms with Crippen molar-refractivity contribution in [1.29, 1.82) is 0 Å². The SMILES string of the molecule is CCOc1ccc(C(NC)c2ccc(C)cc2Br)cc1Br. The van der Waals surface area contributed by atoms with Crippen LogP contribution < -0.4 is 10.1 Å². The van der Waals surface area contributed by atoms with E-state index in [0.717, 1.165) is 14.7 Å². The minimum atomic E-state index is 0.131. The van der Waals surface area contributed by atoms with Crippen molar-refractivity contribution in [3.8, 4) is 5.75 Å². The summed E-state index contributed by atoms with van der Waals surface area (Å²) >= 11 is 7.25. The van der Waals surface area contributed by atoms with Crippen LogP contribution in [0.2, 0.25) is 0 Å². The Hall–Kier alpha value is -0.840. The summed E-state index contributed by atoms with van der Waals surface area (Å²) in [5.41, 5.74) is 3.66. The molecule has 1 atom stereocenters. The Morgan fingerprint density at radius 2 is 1.86 bits per heavy atom. The van der Waals surface area contributed by atoms with Gasteiger partial charge in [-0.2, -0.15) is 0 Å². The van der Waals surface area contributed by atoms with E-state index in [2.05, 4.69) is 74.4 Å². The van der Waals surface area contributed by atoms with Crippen molar-refractivity contribution in [3.63, 3.8) is 0 Å². The van der Waals surface area contributed by atoms with Crippen LogP contribution >= 0.6 is 31.9 Å². The second kappa shape index (κ2) is 7.43. The first kappa shape index (κ1) is 16.5. The van der Waals surface area contributed by atoms with Crippen molar-refractivity contribution in [2.45, 2.75) is 19.9 Å². The molecule has 0 aliphatic heterocycles. The van der Waals surface area contributed by atoms with Gasteiger partial charge in [0.25, 0.3) is 0 Å². The first-order chi connectivity index (χ1) is 10.1. The summed E-state index contributed by atoms with van der Waals surface area (Å²) in [5, 5.41) is 3.38. The van der Waals surface area contributed by atoms with E-state index in [1.165, 1.54) is 16.7 Å². The van der Waals surface area contributed by atoms with E-state index in [-0.39, 0.29) is 6.04 Å². The molecule has 2 rings (SSSR count). The van der Waals surface area contributed by atoms with Crippen molar-refractivity contribution in [2.75, 3.05) is 13.7 Å². The molecule has 1 unspecified atom stereocenters. The van der Waals surface area contributed by atoms with Gasteiger partial charge in [0.05, 0.1) is 17.1 Å². The Bertz CT molecular complexity index is 628. The Balaban J connectivity index is 2.39. The number of halogens is 2. The molecule has 0 saturated carbocycles. The Morgan fingerprint density at radius 3 is 2.43 bits per heavy atom. The van der Waals surface area contributed by atoms with Crippen molar-refractivity contribution in [2.24, 2.45) is 0 Å². The summed E-state index contributed by atoms with van der Waals surface area (Å²) in [5.74, 6) is 0.874. The molecule has 0 aliphatic rings. The Morgan fingerprint density at radius 1 is 1.10 bits per heavy atom. The van der Waals surface area contributed by atoms with Crippen molar-refractivity contribution in [1.82, 2.24) is 5.32 Å². The maximum Gasteiger partial charge on any atom is 0.133 e. The smallest absolute Gasteiger partial charge is 0.133 e. The number of aryl methyl sites for hydroxylation is 1. The van der Waals surface area contributed by atoms with E-state index in [4.69, 9.17) is 4.74 Å². The zero-order chi connectivity index (χ0) is 15.4. The summed E-state index contributed by atoms with van der Waals surface area (Å²) < 4.78 is 7.67. The van der Waals surface area contributed by atoms with Gasteiger partial charge in [0.15, 0.2) is 0 Å². The average molecular weight is 413 g/mol. The number of benzene rings is 2. The molecule has 0 saturated heterocycles. The summed E-state index contributed by atoms with van der Waals surface area (Å²) in [6, 6.07) is 12.8. The second-order valence-electron chi connectivity index (χ2n) is 4.87. The molecule has 2 aromatic carbocycles. The molecule has 0 bridgehead atoms. The molecule has 4 heteroatoms. The molecule has 0 aliphatic carbocycles. The van der Waals surface area contributed by atoms with Gasteiger partial charge in [0, 0.05) is 4.47 Å². The Kier molecular flexibility index (Phi) is 5.85. The molecule has 0 radical (unpaired) electrons. The summed E-state index contributed by atoms with van der Waals surface area (Å²) in [6.07, 6.45) is 0. The third-order valence-corrected chi connectivity index (χ3v) is 4.65. The van der Waals surface area contributed by atoms with Crippen LogP contribution in [-0.2, 0) is 0 Å². The Labute approximate surface area is 143 Å². The third-order valence-electron chi connectivity index (χ3n) is 3.34. The predicted octanol–water partition coefficient (Wildman–Crippen LogP) is 5.23. The fourth-order valence-corrected chi connectivity index (χ4v) is 3.57. The highest BCUT2D eigenvalue weighted by Crippen LogP contribution is 2.33. The van der Waals surface area contributed by atoms with Gasteiger partial charge in [-0.1, -0.05) is 34.1 Å². The standard InChI is InChI=1S/C17H19Br2NO/c1-4-21-16-8-6-12(10-15(16)19)17(20-3)13-7-5-11(2)9-14(13)18/h5-10,17,20H,4H2,1-3H3. The highest BCUT2D eigenvalue weighted by atomic mass is 79.9. The maximum atomic E-state index is 5.57. The fraction of sp³-hybridized carbons (Fsp3) is 0.294. The van der Waals surface area contributed by atoms with Gasteiger partial charge >= 0.3 is 0 Å². The monoisotopic (exact) mass is 411 g/mol. The molecular formula is C17H19Br2NO. The van der Waals surface area contributed by atoms with Gasteiger partial charge in [-0.05, 0) is 71.7 Å². The van der Waals surface area contributed by atoms with Crippen LogP contribution in [0.15, 0.2) is 45.3 Å². The van der Waals surface area contributed by atoms with Crippen LogP contribution in [0.4, 0.5) is 0 Å². The predicted molar refractivity (Wildman–Crippen MR) is 95.1 cm³/mol. The summed E-state index contributed by atoms with van der Waals surface area (Å²) in [6.45, 7) is 4.74. The first-order valence-electron chi connectivity index (χ1n) is 6.92. The fourth-order valence-electron chi connectivity index (χ4n) is 2.34. The van der Waals surface area contributed by atoms with E-state index >= 15 is 0 Å². The van der Waals surface area contributed by atoms with E-state index in [1.807, 2.05) is 20.0 Å². The molecule has 112 valence electrons. The van der Waals surface area contributed by atoms with Gasteiger partial charge in [-0.25, -0.2) is 0 Å². The van der Waals surface area contributed by atoms with E-state index < -0.39 is 0 Å². The van der Waals surface area contributed by atoms with Crippen LogP contribution in [0, 0.1) is 6.92 Å². The van der Waals surface area contributed by atoms with Crippen LogP contribution in [0.25, 0.3) is 0 Å². The van der Waals surface area contributed by atoms with Gasteiger partial charge in [0.2, 0.25) is 0 Å². The number of ether oxygens (including phenoxy) is 1. The molecule has 21 heavy (non-hydrogen) atoms. The molecule has 0 fully saturated rings. The van der Waals surface area contributed by atoms with Gasteiger partial charge in [-0.15, -0.1) is 0 Å². The molecule has 0 aromatic heterocycles. The molecule has 0 heterocycles. The molecule has 2 aromatic rings. The van der Waals surface area contributed by atoms with Gasteiger partial charge < -0.3 is 10.1 Å². The quantitative estimate of drug-likeness (QED) is 0.725. The van der Waals surface area contributed by atoms with Crippen molar-refractivity contribution in [3.05, 3.63) is 62.0 Å². The number of hydrogen-bond acceptors (Lipinski definition) is 2. The number of nitrogens with one attached hydrogen (secondary N) is 1. The summed E-state index contributed by atoms with van der Waals surface area (Å²) in [4.78, 5) is 0. The normalized spacial score (nSPS) is 12.2. The van der Waals surface area contributed by atoms with Gasteiger partial charge in [-0.3, -0.25) is 0 Å². The molecule has 1 N–H and O–H groups in total. The van der Waals surface area contributed by atoms with Crippen LogP contribution in [0.1, 0.15) is 29.7 Å². The molecule has 0 amide bonds. The molecule has 2 nitrogen and oxygen atoms in total. The summed E-state index contributed by atoms with van der Waals surface area (Å²) in [7, 11) is 1.97. The second-order valence-corrected chi connectivity index (χ2v) is 6.58. The highest BCUT2D eigenvalue weighted by Gasteiger charge is 2.16. The first-order valence-corrected chi connectivity index (χ1v) is 8.51. The lowest BCUT2D eigenvalue weighted by molar-refractivity contribution is 0.338. The topological polar surface area (TPSA) is 21.3 Å². The number of hydrogen-bond donors (Lipinski definition) is 1. The van der Waals surface area contributed by atoms with Gasteiger partial charge in [0.1, 0.15) is 5.75 Å². The average Bonchev–Trinajstić information content (AvgIpc) is 2.45. The van der Waals surface area contributed by atoms with E-state index in [0.29, 0.717) is 6.61 Å². The third kappa shape index (κ3) is 3.87. The lowest BCUT2D eigenvalue weighted by Gasteiger charge is -2.20. The maximum absolute atomic E-state index is 5.57. The van der Waals surface area contributed by atoms with Crippen LogP contribution in [0.3, 0.4) is 0 Å². The lowest BCUT2D eigenvalue weighted by atomic mass is 9.98. The zero-order valence-corrected chi connectivity index (χ0v) is 15.6. The highest BCUT2D eigenvalue weighted by molar-refractivity contribution is 9.10. The number of rotatable bonds is 5. The van der Waals surface area contributed by atoms with Crippen LogP contribution in [0.5, 0.6) is 5.75 Å². The lowest BCUT2D eigenvalue weighted by Crippen LogP contribution is -2.18. The van der Waals surface area contributed by atoms with Crippen LogP contribution in [-0.4, -0.2) is 13.7 Å².